The Morgan fingerprint density at radius 2 is 1.74 bits per heavy atom. The average Bonchev–Trinajstić information content (AvgIpc) is 2.41. The molecular formula is C14H28N4O. The van der Waals surface area contributed by atoms with E-state index in [1.165, 1.54) is 32.5 Å². The fraction of sp³-hybridized carbons (Fsp3) is 0.929. The summed E-state index contributed by atoms with van der Waals surface area (Å²) < 4.78 is 0. The largest absolute Gasteiger partial charge is 0.354 e. The van der Waals surface area contributed by atoms with Crippen molar-refractivity contribution in [3.8, 4) is 0 Å². The second-order valence-electron chi connectivity index (χ2n) is 5.93. The van der Waals surface area contributed by atoms with Crippen LogP contribution >= 0.6 is 0 Å². The molecule has 0 atom stereocenters. The van der Waals surface area contributed by atoms with E-state index < -0.39 is 0 Å². The smallest absolute Gasteiger partial charge is 0.217 e. The van der Waals surface area contributed by atoms with Crippen molar-refractivity contribution >= 4 is 5.91 Å². The second-order valence-corrected chi connectivity index (χ2v) is 5.93. The van der Waals surface area contributed by atoms with Crippen LogP contribution in [0.3, 0.4) is 0 Å². The van der Waals surface area contributed by atoms with Gasteiger partial charge in [-0.3, -0.25) is 10.2 Å². The minimum Gasteiger partial charge on any atom is -0.354 e. The molecule has 5 heteroatoms. The topological polar surface area (TPSA) is 47.6 Å². The number of nitrogens with one attached hydrogen (secondary N) is 2. The Labute approximate surface area is 116 Å². The molecule has 2 rings (SSSR count). The first-order chi connectivity index (χ1) is 9.17. The summed E-state index contributed by atoms with van der Waals surface area (Å²) in [5, 5.41) is 5.33. The lowest BCUT2D eigenvalue weighted by Crippen LogP contribution is -2.52. The first-order valence-electron chi connectivity index (χ1n) is 7.59. The zero-order chi connectivity index (χ0) is 13.7. The van der Waals surface area contributed by atoms with Gasteiger partial charge < -0.3 is 10.2 Å². The second kappa shape index (κ2) is 7.22. The average molecular weight is 268 g/mol. The number of nitrogens with zero attached hydrogens (tertiary/aromatic N) is 2. The lowest BCUT2D eigenvalue weighted by atomic mass is 9.85. The molecular weight excluding hydrogens is 240 g/mol. The van der Waals surface area contributed by atoms with Crippen LogP contribution < -0.4 is 10.7 Å². The van der Waals surface area contributed by atoms with E-state index in [0.29, 0.717) is 6.04 Å². The zero-order valence-electron chi connectivity index (χ0n) is 12.3. The number of amides is 1. The third-order valence-corrected chi connectivity index (χ3v) is 4.46. The molecule has 0 spiro atoms. The minimum absolute atomic E-state index is 0.117. The Hall–Kier alpha value is -0.650. The molecule has 1 aliphatic heterocycles. The summed E-state index contributed by atoms with van der Waals surface area (Å²) in [5.41, 5.74) is 3.22. The van der Waals surface area contributed by atoms with Crippen LogP contribution in [0, 0.1) is 5.92 Å². The Morgan fingerprint density at radius 1 is 1.11 bits per heavy atom. The molecule has 0 bridgehead atoms. The van der Waals surface area contributed by atoms with Gasteiger partial charge in [0.1, 0.15) is 0 Å². The fourth-order valence-corrected chi connectivity index (χ4v) is 3.30. The van der Waals surface area contributed by atoms with Gasteiger partial charge in [0.15, 0.2) is 0 Å². The molecule has 2 aliphatic rings. The molecule has 0 unspecified atom stereocenters. The van der Waals surface area contributed by atoms with Crippen LogP contribution in [-0.4, -0.2) is 61.6 Å². The lowest BCUT2D eigenvalue weighted by Gasteiger charge is -2.37. The summed E-state index contributed by atoms with van der Waals surface area (Å²) in [6.45, 7) is 7.45. The van der Waals surface area contributed by atoms with Crippen molar-refractivity contribution in [2.45, 2.75) is 38.6 Å². The molecule has 2 fully saturated rings. The third-order valence-electron chi connectivity index (χ3n) is 4.46. The van der Waals surface area contributed by atoms with Gasteiger partial charge in [0.2, 0.25) is 5.91 Å². The van der Waals surface area contributed by atoms with E-state index in [9.17, 15) is 4.79 Å². The Morgan fingerprint density at radius 3 is 2.26 bits per heavy atom. The van der Waals surface area contributed by atoms with E-state index in [2.05, 4.69) is 20.7 Å². The van der Waals surface area contributed by atoms with Crippen molar-refractivity contribution in [1.82, 2.24) is 20.7 Å². The summed E-state index contributed by atoms with van der Waals surface area (Å²) in [6.07, 6.45) is 4.83. The van der Waals surface area contributed by atoms with Crippen LogP contribution in [0.1, 0.15) is 32.6 Å². The van der Waals surface area contributed by atoms with Gasteiger partial charge in [0.05, 0.1) is 0 Å². The first-order valence-corrected chi connectivity index (χ1v) is 7.59. The molecule has 1 saturated carbocycles. The predicted octanol–water partition coefficient (Wildman–Crippen LogP) is 0.433. The number of hydrogen-bond acceptors (Lipinski definition) is 4. The van der Waals surface area contributed by atoms with E-state index in [4.69, 9.17) is 0 Å². The SMILES string of the molecule is CNN1CCN(CC2CCC(NC(C)=O)CC2)CC1. The van der Waals surface area contributed by atoms with E-state index >= 15 is 0 Å². The molecule has 0 radical (unpaired) electrons. The molecule has 2 N–H and O–H groups in total. The van der Waals surface area contributed by atoms with Gasteiger partial charge in [0.25, 0.3) is 0 Å². The maximum Gasteiger partial charge on any atom is 0.217 e. The van der Waals surface area contributed by atoms with Gasteiger partial charge in [-0.05, 0) is 38.6 Å². The number of rotatable bonds is 4. The van der Waals surface area contributed by atoms with Crippen molar-refractivity contribution in [2.24, 2.45) is 5.92 Å². The van der Waals surface area contributed by atoms with Crippen molar-refractivity contribution in [3.63, 3.8) is 0 Å². The number of piperazine rings is 1. The van der Waals surface area contributed by atoms with Crippen LogP contribution in [0.4, 0.5) is 0 Å². The number of carbonyl (C=O) groups excluding carboxylic acids is 1. The summed E-state index contributed by atoms with van der Waals surface area (Å²) >= 11 is 0. The molecule has 110 valence electrons. The van der Waals surface area contributed by atoms with Crippen LogP contribution in [0.25, 0.3) is 0 Å². The molecule has 1 heterocycles. The monoisotopic (exact) mass is 268 g/mol. The molecule has 5 nitrogen and oxygen atoms in total. The van der Waals surface area contributed by atoms with E-state index in [-0.39, 0.29) is 5.91 Å². The van der Waals surface area contributed by atoms with Crippen LogP contribution in [0.15, 0.2) is 0 Å². The number of hydrazine groups is 1. The summed E-state index contributed by atoms with van der Waals surface area (Å²) in [5.74, 6) is 0.942. The van der Waals surface area contributed by atoms with Crippen LogP contribution in [0.5, 0.6) is 0 Å². The molecule has 0 aromatic rings. The maximum atomic E-state index is 11.0. The lowest BCUT2D eigenvalue weighted by molar-refractivity contribution is -0.119. The highest BCUT2D eigenvalue weighted by atomic mass is 16.1. The fourth-order valence-electron chi connectivity index (χ4n) is 3.30. The number of hydrogen-bond donors (Lipinski definition) is 2. The molecule has 19 heavy (non-hydrogen) atoms. The van der Waals surface area contributed by atoms with Gasteiger partial charge in [-0.2, -0.15) is 0 Å². The van der Waals surface area contributed by atoms with Gasteiger partial charge in [-0.15, -0.1) is 0 Å². The van der Waals surface area contributed by atoms with E-state index in [0.717, 1.165) is 31.8 Å². The van der Waals surface area contributed by atoms with Crippen molar-refractivity contribution < 1.29 is 4.79 Å². The Bertz CT molecular complexity index is 281. The van der Waals surface area contributed by atoms with E-state index in [1.807, 2.05) is 7.05 Å². The minimum atomic E-state index is 0.117. The Kier molecular flexibility index (Phi) is 5.60. The highest BCUT2D eigenvalue weighted by Crippen LogP contribution is 2.25. The van der Waals surface area contributed by atoms with Gasteiger partial charge in [-0.1, -0.05) is 0 Å². The molecule has 0 aromatic heterocycles. The van der Waals surface area contributed by atoms with Gasteiger partial charge in [-0.25, -0.2) is 5.01 Å². The number of carbonyl (C=O) groups is 1. The van der Waals surface area contributed by atoms with Crippen LogP contribution in [0.2, 0.25) is 0 Å². The quantitative estimate of drug-likeness (QED) is 0.776. The summed E-state index contributed by atoms with van der Waals surface area (Å²) in [6, 6.07) is 0.426. The van der Waals surface area contributed by atoms with Gasteiger partial charge >= 0.3 is 0 Å². The third kappa shape index (κ3) is 4.75. The first kappa shape index (κ1) is 14.8. The molecule has 1 saturated heterocycles. The van der Waals surface area contributed by atoms with Crippen LogP contribution in [-0.2, 0) is 4.79 Å². The van der Waals surface area contributed by atoms with Crippen molar-refractivity contribution in [3.05, 3.63) is 0 Å². The highest BCUT2D eigenvalue weighted by molar-refractivity contribution is 5.73. The highest BCUT2D eigenvalue weighted by Gasteiger charge is 2.24. The Balaban J connectivity index is 1.64. The molecule has 1 amide bonds. The normalized spacial score (nSPS) is 30.2. The summed E-state index contributed by atoms with van der Waals surface area (Å²) in [7, 11) is 2.00. The van der Waals surface area contributed by atoms with Crippen molar-refractivity contribution in [2.75, 3.05) is 39.8 Å². The standard InChI is InChI=1S/C14H28N4O/c1-12(19)16-14-5-3-13(4-6-14)11-17-7-9-18(15-2)10-8-17/h13-15H,3-11H2,1-2H3,(H,16,19). The summed E-state index contributed by atoms with van der Waals surface area (Å²) in [4.78, 5) is 13.6. The van der Waals surface area contributed by atoms with Gasteiger partial charge in [0, 0.05) is 45.7 Å². The maximum absolute atomic E-state index is 11.0. The van der Waals surface area contributed by atoms with E-state index in [1.54, 1.807) is 6.92 Å². The zero-order valence-corrected chi connectivity index (χ0v) is 12.3. The van der Waals surface area contributed by atoms with Crippen molar-refractivity contribution in [1.29, 1.82) is 0 Å². The predicted molar refractivity (Wildman–Crippen MR) is 76.6 cm³/mol. The molecule has 0 aromatic carbocycles. The molecule has 1 aliphatic carbocycles.